The Bertz CT molecular complexity index is 1220. The van der Waals surface area contributed by atoms with Crippen LogP contribution in [0.2, 0.25) is 0 Å². The predicted octanol–water partition coefficient (Wildman–Crippen LogP) is 4.16. The van der Waals surface area contributed by atoms with Gasteiger partial charge in [-0.1, -0.05) is 30.4 Å². The molecule has 0 atom stereocenters. The van der Waals surface area contributed by atoms with E-state index in [1.54, 1.807) is 4.52 Å². The molecule has 3 aromatic heterocycles. The van der Waals surface area contributed by atoms with E-state index < -0.39 is 0 Å². The van der Waals surface area contributed by atoms with E-state index in [0.29, 0.717) is 29.2 Å². The zero-order valence-corrected chi connectivity index (χ0v) is 15.6. The molecule has 1 aromatic carbocycles. The monoisotopic (exact) mass is 366 g/mol. The second-order valence-electron chi connectivity index (χ2n) is 7.26. The second-order valence-corrected chi connectivity index (χ2v) is 7.64. The van der Waals surface area contributed by atoms with Gasteiger partial charge in [0.25, 0.3) is 0 Å². The first-order valence-electron chi connectivity index (χ1n) is 8.57. The standard InChI is InChI=1S/C19H18N4O2S/c1-11-21-23-17(26)15-13-10-24-19(2,3)9-14(13)25-16(15)20-18(23)22(11)12-7-5-4-6-8-12/h4-8H,9-10H2,1-3H3. The Morgan fingerprint density at radius 2 is 1.96 bits per heavy atom. The van der Waals surface area contributed by atoms with E-state index in [1.807, 2.05) is 41.8 Å². The average Bonchev–Trinajstić information content (AvgIpc) is 3.11. The van der Waals surface area contributed by atoms with Crippen LogP contribution in [0.1, 0.15) is 31.0 Å². The van der Waals surface area contributed by atoms with Gasteiger partial charge >= 0.3 is 0 Å². The molecule has 4 heterocycles. The maximum atomic E-state index is 6.10. The molecule has 1 aliphatic heterocycles. The van der Waals surface area contributed by atoms with Gasteiger partial charge in [-0.05, 0) is 32.9 Å². The molecule has 0 amide bonds. The smallest absolute Gasteiger partial charge is 0.241 e. The van der Waals surface area contributed by atoms with Gasteiger partial charge < -0.3 is 9.15 Å². The Balaban J connectivity index is 1.84. The van der Waals surface area contributed by atoms with Crippen molar-refractivity contribution in [3.05, 3.63) is 52.1 Å². The van der Waals surface area contributed by atoms with Gasteiger partial charge in [-0.2, -0.15) is 14.6 Å². The fourth-order valence-electron chi connectivity index (χ4n) is 3.58. The molecule has 0 radical (unpaired) electrons. The molecular formula is C19H18N4O2S. The van der Waals surface area contributed by atoms with Gasteiger partial charge in [-0.3, -0.25) is 4.57 Å². The molecule has 5 rings (SSSR count). The fourth-order valence-corrected chi connectivity index (χ4v) is 3.91. The summed E-state index contributed by atoms with van der Waals surface area (Å²) in [5.41, 5.74) is 2.29. The number of fused-ring (bicyclic) bond motifs is 4. The highest BCUT2D eigenvalue weighted by molar-refractivity contribution is 7.71. The van der Waals surface area contributed by atoms with Crippen molar-refractivity contribution in [3.63, 3.8) is 0 Å². The largest absolute Gasteiger partial charge is 0.442 e. The number of para-hydroxylation sites is 1. The van der Waals surface area contributed by atoms with Crippen LogP contribution < -0.4 is 0 Å². The molecule has 0 N–H and O–H groups in total. The molecule has 0 saturated carbocycles. The Hall–Kier alpha value is -2.51. The third-order valence-corrected chi connectivity index (χ3v) is 5.22. The molecule has 0 spiro atoms. The summed E-state index contributed by atoms with van der Waals surface area (Å²) in [6.45, 7) is 6.54. The van der Waals surface area contributed by atoms with Crippen LogP contribution in [-0.4, -0.2) is 24.8 Å². The van der Waals surface area contributed by atoms with E-state index in [-0.39, 0.29) is 5.60 Å². The molecule has 7 heteroatoms. The Kier molecular flexibility index (Phi) is 3.17. The summed E-state index contributed by atoms with van der Waals surface area (Å²) < 4.78 is 16.4. The average molecular weight is 366 g/mol. The number of furan rings is 1. The number of hydrogen-bond donors (Lipinski definition) is 0. The van der Waals surface area contributed by atoms with E-state index in [1.165, 1.54) is 0 Å². The first-order chi connectivity index (χ1) is 12.4. The summed E-state index contributed by atoms with van der Waals surface area (Å²) in [5.74, 6) is 2.37. The van der Waals surface area contributed by atoms with Gasteiger partial charge in [0.1, 0.15) is 16.2 Å². The Morgan fingerprint density at radius 3 is 2.73 bits per heavy atom. The second kappa shape index (κ2) is 5.25. The molecule has 0 saturated heterocycles. The number of rotatable bonds is 1. The Morgan fingerprint density at radius 1 is 1.19 bits per heavy atom. The number of aromatic nitrogens is 4. The molecule has 0 aliphatic carbocycles. The summed E-state index contributed by atoms with van der Waals surface area (Å²) in [6, 6.07) is 10.0. The lowest BCUT2D eigenvalue weighted by atomic mass is 9.97. The van der Waals surface area contributed by atoms with Crippen LogP contribution in [0.15, 0.2) is 34.7 Å². The van der Waals surface area contributed by atoms with Crippen LogP contribution >= 0.6 is 12.2 Å². The number of benzene rings is 1. The molecule has 26 heavy (non-hydrogen) atoms. The quantitative estimate of drug-likeness (QED) is 0.474. The van der Waals surface area contributed by atoms with Crippen molar-refractivity contribution in [2.24, 2.45) is 0 Å². The van der Waals surface area contributed by atoms with Crippen LogP contribution in [0, 0.1) is 11.6 Å². The molecule has 0 bridgehead atoms. The van der Waals surface area contributed by atoms with Crippen LogP contribution in [0.25, 0.3) is 22.6 Å². The van der Waals surface area contributed by atoms with E-state index in [0.717, 1.165) is 28.2 Å². The third-order valence-electron chi connectivity index (χ3n) is 4.85. The lowest BCUT2D eigenvalue weighted by Gasteiger charge is -2.28. The zero-order chi connectivity index (χ0) is 18.1. The normalized spacial score (nSPS) is 16.3. The van der Waals surface area contributed by atoms with Crippen LogP contribution in [0.5, 0.6) is 0 Å². The van der Waals surface area contributed by atoms with E-state index in [9.17, 15) is 0 Å². The summed E-state index contributed by atoms with van der Waals surface area (Å²) in [6.07, 6.45) is 0.702. The van der Waals surface area contributed by atoms with Gasteiger partial charge in [0.2, 0.25) is 11.5 Å². The maximum Gasteiger partial charge on any atom is 0.241 e. The highest BCUT2D eigenvalue weighted by Crippen LogP contribution is 2.35. The number of hydrogen-bond acceptors (Lipinski definition) is 5. The molecule has 6 nitrogen and oxygen atoms in total. The minimum absolute atomic E-state index is 0.247. The predicted molar refractivity (Wildman–Crippen MR) is 100 cm³/mol. The van der Waals surface area contributed by atoms with Crippen molar-refractivity contribution in [1.29, 1.82) is 0 Å². The van der Waals surface area contributed by atoms with Crippen LogP contribution in [-0.2, 0) is 17.8 Å². The van der Waals surface area contributed by atoms with Crippen LogP contribution in [0.3, 0.4) is 0 Å². The van der Waals surface area contributed by atoms with Crippen molar-refractivity contribution in [3.8, 4) is 5.69 Å². The highest BCUT2D eigenvalue weighted by Gasteiger charge is 2.32. The van der Waals surface area contributed by atoms with Crippen molar-refractivity contribution < 1.29 is 9.15 Å². The first-order valence-corrected chi connectivity index (χ1v) is 8.97. The maximum absolute atomic E-state index is 6.10. The summed E-state index contributed by atoms with van der Waals surface area (Å²) in [5, 5.41) is 5.46. The summed E-state index contributed by atoms with van der Waals surface area (Å²) in [7, 11) is 0. The van der Waals surface area contributed by atoms with E-state index in [2.05, 4.69) is 18.9 Å². The van der Waals surface area contributed by atoms with E-state index >= 15 is 0 Å². The van der Waals surface area contributed by atoms with Gasteiger partial charge in [-0.25, -0.2) is 0 Å². The lowest BCUT2D eigenvalue weighted by Crippen LogP contribution is -2.31. The minimum Gasteiger partial charge on any atom is -0.442 e. The molecule has 0 unspecified atom stereocenters. The van der Waals surface area contributed by atoms with Gasteiger partial charge in [0, 0.05) is 12.0 Å². The summed E-state index contributed by atoms with van der Waals surface area (Å²) in [4.78, 5) is 4.76. The fraction of sp³-hybridized carbons (Fsp3) is 0.316. The zero-order valence-electron chi connectivity index (χ0n) is 14.8. The molecule has 4 aromatic rings. The minimum atomic E-state index is -0.247. The highest BCUT2D eigenvalue weighted by atomic mass is 32.1. The molecule has 0 fully saturated rings. The summed E-state index contributed by atoms with van der Waals surface area (Å²) >= 11 is 5.75. The number of ether oxygens (including phenoxy) is 1. The van der Waals surface area contributed by atoms with Gasteiger partial charge in [0.15, 0.2) is 0 Å². The topological polar surface area (TPSA) is 57.5 Å². The van der Waals surface area contributed by atoms with Crippen molar-refractivity contribution in [2.75, 3.05) is 0 Å². The number of aryl methyl sites for hydroxylation is 1. The molecule has 132 valence electrons. The molecular weight excluding hydrogens is 348 g/mol. The SMILES string of the molecule is Cc1nn2c(=S)c3c4c(oc3nc2n1-c1ccccc1)CC(C)(C)OC4. The number of nitrogens with zero attached hydrogens (tertiary/aromatic N) is 4. The van der Waals surface area contributed by atoms with Crippen molar-refractivity contribution in [1.82, 2.24) is 19.2 Å². The van der Waals surface area contributed by atoms with Crippen molar-refractivity contribution in [2.45, 2.75) is 39.4 Å². The Labute approximate surface area is 155 Å². The first kappa shape index (κ1) is 15.7. The molecule has 1 aliphatic rings. The lowest BCUT2D eigenvalue weighted by molar-refractivity contribution is -0.0440. The van der Waals surface area contributed by atoms with Crippen LogP contribution in [0.4, 0.5) is 0 Å². The third kappa shape index (κ3) is 2.17. The van der Waals surface area contributed by atoms with Gasteiger partial charge in [0.05, 0.1) is 23.3 Å². The van der Waals surface area contributed by atoms with Gasteiger partial charge in [-0.15, -0.1) is 0 Å². The van der Waals surface area contributed by atoms with Crippen molar-refractivity contribution >= 4 is 29.1 Å². The van der Waals surface area contributed by atoms with E-state index in [4.69, 9.17) is 26.4 Å².